The second-order valence-corrected chi connectivity index (χ2v) is 8.54. The van der Waals surface area contributed by atoms with Crippen LogP contribution in [0.5, 0.6) is 0 Å². The summed E-state index contributed by atoms with van der Waals surface area (Å²) >= 11 is 10.9. The number of hydrogen-bond acceptors (Lipinski definition) is 4. The number of nitrogens with one attached hydrogen (secondary N) is 1. The number of anilines is 2. The van der Waals surface area contributed by atoms with E-state index in [-0.39, 0.29) is 28.0 Å². The number of halogens is 6. The van der Waals surface area contributed by atoms with Crippen LogP contribution in [0.3, 0.4) is 0 Å². The standard InChI is InChI=1S/C12H9ClF2N2O.C8H10FNO2.C6H5ClFN/c1-17-5-4-10(15)11(17)12(18)16-7-2-3-9(14)8(13)6-7;1-3-12-8(11)7-6(9)4-5-10(7)2;7-5-3-4(9)1-2-6(5)8/h2-6H,1H3,(H,16,18);4-5H,3H2,1-2H3;1-3H,9H2. The van der Waals surface area contributed by atoms with E-state index >= 15 is 0 Å². The molecule has 2 heterocycles. The van der Waals surface area contributed by atoms with Crippen molar-refractivity contribution in [3.63, 3.8) is 0 Å². The lowest BCUT2D eigenvalue weighted by Crippen LogP contribution is -2.16. The van der Waals surface area contributed by atoms with E-state index < -0.39 is 35.1 Å². The minimum absolute atomic E-state index is 0.0307. The Morgan fingerprint density at radius 3 is 1.77 bits per heavy atom. The van der Waals surface area contributed by atoms with Crippen LogP contribution < -0.4 is 11.1 Å². The molecule has 4 aromatic rings. The summed E-state index contributed by atoms with van der Waals surface area (Å²) in [4.78, 5) is 22.9. The fourth-order valence-corrected chi connectivity index (χ4v) is 3.35. The Labute approximate surface area is 231 Å². The topological polar surface area (TPSA) is 91.3 Å². The highest BCUT2D eigenvalue weighted by Gasteiger charge is 2.17. The number of benzene rings is 2. The van der Waals surface area contributed by atoms with E-state index in [0.29, 0.717) is 11.4 Å². The lowest BCUT2D eigenvalue weighted by molar-refractivity contribution is 0.0509. The molecular weight excluding hydrogens is 563 g/mol. The van der Waals surface area contributed by atoms with Crippen molar-refractivity contribution < 1.29 is 31.9 Å². The van der Waals surface area contributed by atoms with E-state index in [4.69, 9.17) is 28.9 Å². The van der Waals surface area contributed by atoms with Gasteiger partial charge in [-0.25, -0.2) is 22.4 Å². The lowest BCUT2D eigenvalue weighted by atomic mass is 10.3. The zero-order valence-electron chi connectivity index (χ0n) is 20.9. The van der Waals surface area contributed by atoms with Gasteiger partial charge in [-0.2, -0.15) is 0 Å². The molecule has 0 saturated heterocycles. The molecule has 0 aliphatic carbocycles. The maximum atomic E-state index is 13.3. The number of rotatable bonds is 4. The van der Waals surface area contributed by atoms with Gasteiger partial charge in [0.15, 0.2) is 17.3 Å². The fourth-order valence-electron chi connectivity index (χ4n) is 2.98. The molecule has 2 aromatic carbocycles. The average molecular weight is 587 g/mol. The fraction of sp³-hybridized carbons (Fsp3) is 0.154. The predicted octanol–water partition coefficient (Wildman–Crippen LogP) is 6.61. The summed E-state index contributed by atoms with van der Waals surface area (Å²) in [5.74, 6) is -3.44. The number of carbonyl (C=O) groups is 2. The van der Waals surface area contributed by atoms with Gasteiger partial charge in [0, 0.05) is 37.9 Å². The molecular formula is C26H24Cl2F4N4O3. The van der Waals surface area contributed by atoms with E-state index in [2.05, 4.69) is 10.1 Å². The number of aryl methyl sites for hydroxylation is 2. The Bertz CT molecular complexity index is 1420. The quantitative estimate of drug-likeness (QED) is 0.160. The van der Waals surface area contributed by atoms with E-state index in [9.17, 15) is 27.2 Å². The number of carbonyl (C=O) groups excluding carboxylic acids is 2. The van der Waals surface area contributed by atoms with E-state index in [1.54, 1.807) is 21.0 Å². The number of nitrogens with two attached hydrogens (primary N) is 1. The highest BCUT2D eigenvalue weighted by molar-refractivity contribution is 6.31. The number of aromatic nitrogens is 2. The molecule has 3 N–H and O–H groups in total. The van der Waals surface area contributed by atoms with Crippen LogP contribution in [0, 0.1) is 23.3 Å². The van der Waals surface area contributed by atoms with Gasteiger partial charge in [-0.1, -0.05) is 23.2 Å². The van der Waals surface area contributed by atoms with Gasteiger partial charge >= 0.3 is 5.97 Å². The van der Waals surface area contributed by atoms with Crippen molar-refractivity contribution in [3.05, 3.63) is 106 Å². The molecule has 13 heteroatoms. The van der Waals surface area contributed by atoms with E-state index in [0.717, 1.165) is 6.07 Å². The largest absolute Gasteiger partial charge is 0.461 e. The first-order valence-corrected chi connectivity index (χ1v) is 11.9. The number of amides is 1. The minimum atomic E-state index is -0.623. The Morgan fingerprint density at radius 1 is 0.821 bits per heavy atom. The third kappa shape index (κ3) is 8.79. The van der Waals surface area contributed by atoms with Gasteiger partial charge < -0.3 is 24.9 Å². The summed E-state index contributed by atoms with van der Waals surface area (Å²) in [6.45, 7) is 1.93. The van der Waals surface area contributed by atoms with Crippen molar-refractivity contribution in [1.82, 2.24) is 9.13 Å². The molecule has 0 spiro atoms. The molecule has 7 nitrogen and oxygen atoms in total. The molecule has 0 atom stereocenters. The van der Waals surface area contributed by atoms with Crippen LogP contribution in [0.1, 0.15) is 27.9 Å². The number of esters is 1. The second-order valence-electron chi connectivity index (χ2n) is 7.72. The van der Waals surface area contributed by atoms with Crippen LogP contribution in [-0.2, 0) is 18.8 Å². The molecule has 0 bridgehead atoms. The molecule has 1 amide bonds. The van der Waals surface area contributed by atoms with Crippen LogP contribution in [0.15, 0.2) is 60.9 Å². The van der Waals surface area contributed by atoms with Crippen LogP contribution in [-0.4, -0.2) is 27.6 Å². The Morgan fingerprint density at radius 2 is 1.33 bits per heavy atom. The smallest absolute Gasteiger partial charge is 0.358 e. The van der Waals surface area contributed by atoms with Gasteiger partial charge in [-0.05, 0) is 55.5 Å². The number of ether oxygens (including phenoxy) is 1. The van der Waals surface area contributed by atoms with Crippen molar-refractivity contribution in [2.45, 2.75) is 6.92 Å². The summed E-state index contributed by atoms with van der Waals surface area (Å²) in [5, 5.41) is 2.40. The molecule has 0 aliphatic rings. The van der Waals surface area contributed by atoms with Gasteiger partial charge in [-0.15, -0.1) is 0 Å². The first kappa shape index (κ1) is 31.3. The normalized spacial score (nSPS) is 10.1. The monoisotopic (exact) mass is 586 g/mol. The number of hydrogen-bond donors (Lipinski definition) is 2. The molecule has 2 aromatic heterocycles. The lowest BCUT2D eigenvalue weighted by Gasteiger charge is -2.07. The van der Waals surface area contributed by atoms with Crippen LogP contribution in [0.25, 0.3) is 0 Å². The second kappa shape index (κ2) is 14.3. The first-order valence-electron chi connectivity index (χ1n) is 11.1. The SMILES string of the molecule is CCOC(=O)c1c(F)ccn1C.Cn1ccc(F)c1C(=O)Nc1ccc(F)c(Cl)c1.Nc1ccc(F)c(Cl)c1. The zero-order valence-corrected chi connectivity index (χ0v) is 22.5. The highest BCUT2D eigenvalue weighted by atomic mass is 35.5. The number of nitrogens with zero attached hydrogens (tertiary/aromatic N) is 2. The van der Waals surface area contributed by atoms with Gasteiger partial charge in [-0.3, -0.25) is 4.79 Å². The van der Waals surface area contributed by atoms with E-state index in [1.165, 1.54) is 64.0 Å². The molecule has 208 valence electrons. The Kier molecular flexibility index (Phi) is 11.4. The average Bonchev–Trinajstić information content (AvgIpc) is 3.39. The third-order valence-electron chi connectivity index (χ3n) is 4.85. The van der Waals surface area contributed by atoms with Gasteiger partial charge in [0.1, 0.15) is 17.3 Å². The van der Waals surface area contributed by atoms with Crippen LogP contribution in [0.4, 0.5) is 28.9 Å². The first-order chi connectivity index (χ1) is 18.3. The van der Waals surface area contributed by atoms with Crippen molar-refractivity contribution in [2.24, 2.45) is 14.1 Å². The van der Waals surface area contributed by atoms with Gasteiger partial charge in [0.25, 0.3) is 5.91 Å². The summed E-state index contributed by atoms with van der Waals surface area (Å²) < 4.78 is 58.8. The number of nitrogen functional groups attached to an aromatic ring is 1. The summed E-state index contributed by atoms with van der Waals surface area (Å²) in [6, 6.07) is 10.2. The minimum Gasteiger partial charge on any atom is -0.461 e. The van der Waals surface area contributed by atoms with Crippen molar-refractivity contribution in [3.8, 4) is 0 Å². The third-order valence-corrected chi connectivity index (χ3v) is 5.43. The predicted molar refractivity (Wildman–Crippen MR) is 142 cm³/mol. The zero-order chi connectivity index (χ0) is 29.3. The van der Waals surface area contributed by atoms with Crippen molar-refractivity contribution in [2.75, 3.05) is 17.7 Å². The molecule has 0 saturated carbocycles. The van der Waals surface area contributed by atoms with Crippen LogP contribution >= 0.6 is 23.2 Å². The molecule has 0 radical (unpaired) electrons. The van der Waals surface area contributed by atoms with Crippen molar-refractivity contribution in [1.29, 1.82) is 0 Å². The molecule has 0 fully saturated rings. The Balaban J connectivity index is 0.000000220. The molecule has 4 rings (SSSR count). The molecule has 0 unspecified atom stereocenters. The maximum Gasteiger partial charge on any atom is 0.358 e. The summed E-state index contributed by atoms with van der Waals surface area (Å²) in [5.41, 5.74) is 5.92. The Hall–Kier alpha value is -3.96. The molecule has 39 heavy (non-hydrogen) atoms. The molecule has 0 aliphatic heterocycles. The highest BCUT2D eigenvalue weighted by Crippen LogP contribution is 2.20. The van der Waals surface area contributed by atoms with Crippen LogP contribution in [0.2, 0.25) is 10.0 Å². The van der Waals surface area contributed by atoms with Gasteiger partial charge in [0.05, 0.1) is 16.7 Å². The van der Waals surface area contributed by atoms with Gasteiger partial charge in [0.2, 0.25) is 0 Å². The maximum absolute atomic E-state index is 13.3. The summed E-state index contributed by atoms with van der Waals surface area (Å²) in [7, 11) is 3.14. The summed E-state index contributed by atoms with van der Waals surface area (Å²) in [6.07, 6.45) is 2.91. The van der Waals surface area contributed by atoms with Crippen molar-refractivity contribution >= 4 is 46.5 Å². The van der Waals surface area contributed by atoms with E-state index in [1.807, 2.05) is 0 Å².